The van der Waals surface area contributed by atoms with E-state index in [9.17, 15) is 0 Å². The number of anilines is 3. The molecule has 21 heavy (non-hydrogen) atoms. The van der Waals surface area contributed by atoms with Crippen molar-refractivity contribution in [2.45, 2.75) is 51.2 Å². The van der Waals surface area contributed by atoms with E-state index < -0.39 is 0 Å². The van der Waals surface area contributed by atoms with Gasteiger partial charge in [-0.2, -0.15) is 15.0 Å². The van der Waals surface area contributed by atoms with E-state index in [0.717, 1.165) is 32.5 Å². The summed E-state index contributed by atoms with van der Waals surface area (Å²) in [7, 11) is 0. The smallest absolute Gasteiger partial charge is 0.231 e. The Morgan fingerprint density at radius 1 is 1.24 bits per heavy atom. The van der Waals surface area contributed by atoms with Crippen LogP contribution in [-0.4, -0.2) is 46.3 Å². The van der Waals surface area contributed by atoms with E-state index in [1.165, 1.54) is 12.8 Å². The van der Waals surface area contributed by atoms with E-state index in [0.29, 0.717) is 17.9 Å². The van der Waals surface area contributed by atoms with Crippen molar-refractivity contribution in [3.8, 4) is 0 Å². The first-order valence-corrected chi connectivity index (χ1v) is 7.69. The number of nitrogens with one attached hydrogen (secondary N) is 1. The highest BCUT2D eigenvalue weighted by Crippen LogP contribution is 2.26. The minimum Gasteiger partial charge on any atom is -0.375 e. The number of nitrogen functional groups attached to an aromatic ring is 1. The fourth-order valence-electron chi connectivity index (χ4n) is 3.04. The number of ether oxygens (including phenoxy) is 1. The number of aromatic nitrogens is 3. The molecule has 2 aliphatic heterocycles. The van der Waals surface area contributed by atoms with Gasteiger partial charge in [0, 0.05) is 25.7 Å². The molecule has 2 fully saturated rings. The molecule has 3 heterocycles. The molecule has 1 unspecified atom stereocenters. The predicted octanol–water partition coefficient (Wildman–Crippen LogP) is 1.42. The van der Waals surface area contributed by atoms with Crippen LogP contribution in [0.25, 0.3) is 0 Å². The number of rotatable bonds is 3. The summed E-state index contributed by atoms with van der Waals surface area (Å²) in [4.78, 5) is 15.2. The lowest BCUT2D eigenvalue weighted by Crippen LogP contribution is -2.40. The summed E-state index contributed by atoms with van der Waals surface area (Å²) >= 11 is 0. The molecule has 1 atom stereocenters. The molecule has 0 saturated carbocycles. The molecule has 0 radical (unpaired) electrons. The van der Waals surface area contributed by atoms with E-state index in [4.69, 9.17) is 10.5 Å². The van der Waals surface area contributed by atoms with Crippen LogP contribution in [-0.2, 0) is 4.74 Å². The van der Waals surface area contributed by atoms with Crippen molar-refractivity contribution in [1.82, 2.24) is 15.0 Å². The van der Waals surface area contributed by atoms with E-state index in [1.54, 1.807) is 0 Å². The molecule has 7 heteroatoms. The largest absolute Gasteiger partial charge is 0.375 e. The summed E-state index contributed by atoms with van der Waals surface area (Å²) in [5, 5.41) is 3.39. The summed E-state index contributed by atoms with van der Waals surface area (Å²) in [6.45, 7) is 6.96. The van der Waals surface area contributed by atoms with Crippen molar-refractivity contribution in [2.24, 2.45) is 0 Å². The van der Waals surface area contributed by atoms with Crippen LogP contribution in [0.1, 0.15) is 39.5 Å². The molecule has 1 aromatic rings. The molecule has 7 nitrogen and oxygen atoms in total. The monoisotopic (exact) mass is 292 g/mol. The highest BCUT2D eigenvalue weighted by Gasteiger charge is 2.29. The summed E-state index contributed by atoms with van der Waals surface area (Å²) in [6, 6.07) is 0.307. The van der Waals surface area contributed by atoms with Gasteiger partial charge in [0.2, 0.25) is 17.8 Å². The fraction of sp³-hybridized carbons (Fsp3) is 0.786. The minimum absolute atomic E-state index is 0.105. The van der Waals surface area contributed by atoms with Crippen molar-refractivity contribution >= 4 is 17.8 Å². The lowest BCUT2D eigenvalue weighted by atomic mass is 9.94. The standard InChI is InChI=1S/C14H24N6O/c1-14(2)9-10(5-8-21-14)16-12-17-11(15)18-13(19-12)20-6-3-4-7-20/h10H,3-9H2,1-2H3,(H3,15,16,17,18,19). The van der Waals surface area contributed by atoms with Crippen molar-refractivity contribution in [3.05, 3.63) is 0 Å². The van der Waals surface area contributed by atoms with Gasteiger partial charge in [-0.05, 0) is 39.5 Å². The first kappa shape index (κ1) is 14.3. The van der Waals surface area contributed by atoms with E-state index in [-0.39, 0.29) is 11.5 Å². The molecule has 0 amide bonds. The SMILES string of the molecule is CC1(C)CC(Nc2nc(N)nc(N3CCCC3)n2)CCO1. The molecule has 116 valence electrons. The third-order valence-electron chi connectivity index (χ3n) is 4.06. The average molecular weight is 292 g/mol. The maximum atomic E-state index is 5.83. The molecule has 3 N–H and O–H groups in total. The van der Waals surface area contributed by atoms with Gasteiger partial charge < -0.3 is 20.7 Å². The Balaban J connectivity index is 1.72. The summed E-state index contributed by atoms with van der Waals surface area (Å²) in [5.74, 6) is 1.54. The first-order valence-electron chi connectivity index (χ1n) is 7.69. The molecule has 0 aromatic carbocycles. The Kier molecular flexibility index (Phi) is 3.84. The molecule has 2 saturated heterocycles. The number of hydrogen-bond donors (Lipinski definition) is 2. The van der Waals surface area contributed by atoms with Gasteiger partial charge in [0.15, 0.2) is 0 Å². The van der Waals surface area contributed by atoms with E-state index in [1.807, 2.05) is 0 Å². The zero-order valence-corrected chi connectivity index (χ0v) is 12.8. The maximum Gasteiger partial charge on any atom is 0.231 e. The van der Waals surface area contributed by atoms with Crippen LogP contribution in [0.5, 0.6) is 0 Å². The number of nitrogens with two attached hydrogens (primary N) is 1. The molecule has 1 aromatic heterocycles. The van der Waals surface area contributed by atoms with Gasteiger partial charge in [-0.1, -0.05) is 0 Å². The molecule has 0 aliphatic carbocycles. The van der Waals surface area contributed by atoms with E-state index >= 15 is 0 Å². The van der Waals surface area contributed by atoms with Gasteiger partial charge in [0.1, 0.15) is 0 Å². The van der Waals surface area contributed by atoms with Gasteiger partial charge in [-0.25, -0.2) is 0 Å². The second kappa shape index (κ2) is 5.63. The zero-order chi connectivity index (χ0) is 14.9. The number of nitrogens with zero attached hydrogens (tertiary/aromatic N) is 4. The quantitative estimate of drug-likeness (QED) is 0.871. The molecule has 2 aliphatic rings. The van der Waals surface area contributed by atoms with Gasteiger partial charge in [-0.15, -0.1) is 0 Å². The highest BCUT2D eigenvalue weighted by atomic mass is 16.5. The van der Waals surface area contributed by atoms with Crippen LogP contribution < -0.4 is 16.0 Å². The Labute approximate surface area is 125 Å². The van der Waals surface area contributed by atoms with Gasteiger partial charge in [-0.3, -0.25) is 0 Å². The van der Waals surface area contributed by atoms with Gasteiger partial charge in [0.05, 0.1) is 5.60 Å². The Morgan fingerprint density at radius 3 is 2.71 bits per heavy atom. The van der Waals surface area contributed by atoms with Crippen molar-refractivity contribution in [3.63, 3.8) is 0 Å². The molecular weight excluding hydrogens is 268 g/mol. The maximum absolute atomic E-state index is 5.83. The van der Waals surface area contributed by atoms with Crippen LogP contribution in [0, 0.1) is 0 Å². The van der Waals surface area contributed by atoms with Crippen molar-refractivity contribution < 1.29 is 4.74 Å². The lowest BCUT2D eigenvalue weighted by Gasteiger charge is -2.35. The first-order chi connectivity index (χ1) is 10.0. The second-order valence-electron chi connectivity index (χ2n) is 6.45. The average Bonchev–Trinajstić information content (AvgIpc) is 2.90. The molecule has 0 bridgehead atoms. The third kappa shape index (κ3) is 3.53. The van der Waals surface area contributed by atoms with Crippen LogP contribution >= 0.6 is 0 Å². The van der Waals surface area contributed by atoms with Gasteiger partial charge in [0.25, 0.3) is 0 Å². The third-order valence-corrected chi connectivity index (χ3v) is 4.06. The zero-order valence-electron chi connectivity index (χ0n) is 12.8. The predicted molar refractivity (Wildman–Crippen MR) is 82.4 cm³/mol. The topological polar surface area (TPSA) is 89.2 Å². The van der Waals surface area contributed by atoms with Gasteiger partial charge >= 0.3 is 0 Å². The normalized spacial score (nSPS) is 25.0. The summed E-state index contributed by atoms with van der Waals surface area (Å²) < 4.78 is 5.74. The van der Waals surface area contributed by atoms with Crippen molar-refractivity contribution in [1.29, 1.82) is 0 Å². The highest BCUT2D eigenvalue weighted by molar-refractivity contribution is 5.43. The summed E-state index contributed by atoms with van der Waals surface area (Å²) in [6.07, 6.45) is 4.25. The van der Waals surface area contributed by atoms with E-state index in [2.05, 4.69) is 39.0 Å². The lowest BCUT2D eigenvalue weighted by molar-refractivity contribution is -0.0553. The minimum atomic E-state index is -0.105. The van der Waals surface area contributed by atoms with Crippen LogP contribution in [0.15, 0.2) is 0 Å². The molecule has 0 spiro atoms. The van der Waals surface area contributed by atoms with Crippen molar-refractivity contribution in [2.75, 3.05) is 35.6 Å². The molecular formula is C14H24N6O. The number of hydrogen-bond acceptors (Lipinski definition) is 7. The second-order valence-corrected chi connectivity index (χ2v) is 6.45. The Morgan fingerprint density at radius 2 is 2.00 bits per heavy atom. The Hall–Kier alpha value is -1.63. The molecule has 3 rings (SSSR count). The van der Waals surface area contributed by atoms with Crippen LogP contribution in [0.4, 0.5) is 17.8 Å². The summed E-state index contributed by atoms with van der Waals surface area (Å²) in [5.41, 5.74) is 5.73. The van der Waals surface area contributed by atoms with Crippen LogP contribution in [0.2, 0.25) is 0 Å². The van der Waals surface area contributed by atoms with Crippen LogP contribution in [0.3, 0.4) is 0 Å². The fourth-order valence-corrected chi connectivity index (χ4v) is 3.04. The Bertz CT molecular complexity index is 500.